The molecule has 0 spiro atoms. The maximum absolute atomic E-state index is 12.3. The van der Waals surface area contributed by atoms with Gasteiger partial charge < -0.3 is 9.47 Å². The van der Waals surface area contributed by atoms with Crippen LogP contribution in [0.2, 0.25) is 0 Å². The first-order valence-corrected chi connectivity index (χ1v) is 10.6. The second-order valence-corrected chi connectivity index (χ2v) is 9.07. The minimum absolute atomic E-state index is 0.167. The minimum Gasteiger partial charge on any atom is -0.460 e. The fourth-order valence-corrected chi connectivity index (χ4v) is 3.68. The topological polar surface area (TPSA) is 66.2 Å². The molecule has 6 nitrogen and oxygen atoms in total. The van der Waals surface area contributed by atoms with E-state index in [2.05, 4.69) is 14.8 Å². The third-order valence-electron chi connectivity index (χ3n) is 5.20. The third-order valence-corrected chi connectivity index (χ3v) is 5.20. The van der Waals surface area contributed by atoms with E-state index >= 15 is 0 Å². The van der Waals surface area contributed by atoms with E-state index in [0.29, 0.717) is 29.8 Å². The molecule has 1 saturated carbocycles. The molecule has 2 aromatic carbocycles. The molecule has 174 valence electrons. The summed E-state index contributed by atoms with van der Waals surface area (Å²) in [5.74, 6) is 0.673. The van der Waals surface area contributed by atoms with E-state index < -0.39 is 12.0 Å². The maximum Gasteiger partial charge on any atom is 0.573 e. The van der Waals surface area contributed by atoms with Crippen LogP contribution in [0.5, 0.6) is 5.75 Å². The second kappa shape index (κ2) is 8.53. The van der Waals surface area contributed by atoms with E-state index in [1.165, 1.54) is 35.3 Å². The average molecular weight is 459 g/mol. The van der Waals surface area contributed by atoms with Gasteiger partial charge in [-0.15, -0.1) is 18.3 Å². The average Bonchev–Trinajstić information content (AvgIpc) is 3.28. The zero-order chi connectivity index (χ0) is 23.8. The Labute approximate surface area is 189 Å². The summed E-state index contributed by atoms with van der Waals surface area (Å²) in [6, 6.07) is 13.3. The number of carbonyl (C=O) groups is 1. The molecule has 9 heteroatoms. The lowest BCUT2D eigenvalue weighted by molar-refractivity contribution is -0.274. The summed E-state index contributed by atoms with van der Waals surface area (Å²) in [4.78, 5) is 16.3. The monoisotopic (exact) mass is 459 g/mol. The predicted molar refractivity (Wildman–Crippen MR) is 115 cm³/mol. The van der Waals surface area contributed by atoms with Crippen molar-refractivity contribution in [2.75, 3.05) is 0 Å². The lowest BCUT2D eigenvalue weighted by Crippen LogP contribution is -2.24. The van der Waals surface area contributed by atoms with Gasteiger partial charge in [0.25, 0.3) is 0 Å². The van der Waals surface area contributed by atoms with Gasteiger partial charge in [-0.3, -0.25) is 4.79 Å². The minimum atomic E-state index is -4.73. The van der Waals surface area contributed by atoms with Gasteiger partial charge in [-0.1, -0.05) is 24.3 Å². The van der Waals surface area contributed by atoms with Gasteiger partial charge in [0.15, 0.2) is 5.82 Å². The van der Waals surface area contributed by atoms with Gasteiger partial charge in [-0.25, -0.2) is 9.67 Å². The lowest BCUT2D eigenvalue weighted by Gasteiger charge is -2.19. The Morgan fingerprint density at radius 2 is 1.73 bits per heavy atom. The van der Waals surface area contributed by atoms with Crippen molar-refractivity contribution in [3.05, 3.63) is 60.4 Å². The fourth-order valence-electron chi connectivity index (χ4n) is 3.68. The van der Waals surface area contributed by atoms with E-state index in [1.54, 1.807) is 0 Å². The van der Waals surface area contributed by atoms with Crippen molar-refractivity contribution < 1.29 is 27.4 Å². The Morgan fingerprint density at radius 1 is 1.06 bits per heavy atom. The number of hydrogen-bond acceptors (Lipinski definition) is 5. The smallest absolute Gasteiger partial charge is 0.460 e. The standard InChI is InChI=1S/C24H24F3N3O3/c1-23(2,3)33-21(31)13-17-12-20(17)15-4-6-16(7-5-15)22-28-14-30(29-22)18-8-10-19(11-9-18)32-24(25,26)27/h4-11,14,17,20H,12-13H2,1-3H3. The SMILES string of the molecule is CC(C)(C)OC(=O)CC1CC1c1ccc(-c2ncn(-c3ccc(OC(F)(F)F)cc3)n2)cc1. The molecular weight excluding hydrogens is 435 g/mol. The number of halogens is 3. The molecule has 0 amide bonds. The van der Waals surface area contributed by atoms with Crippen LogP contribution in [-0.2, 0) is 9.53 Å². The number of benzene rings is 2. The second-order valence-electron chi connectivity index (χ2n) is 9.07. The van der Waals surface area contributed by atoms with Crippen molar-refractivity contribution in [3.8, 4) is 22.8 Å². The Kier molecular flexibility index (Phi) is 5.90. The summed E-state index contributed by atoms with van der Waals surface area (Å²) in [6.45, 7) is 5.59. The van der Waals surface area contributed by atoms with Crippen LogP contribution >= 0.6 is 0 Å². The van der Waals surface area contributed by atoms with Crippen molar-refractivity contribution in [2.24, 2.45) is 5.92 Å². The Morgan fingerprint density at radius 3 is 2.33 bits per heavy atom. The molecule has 0 radical (unpaired) electrons. The molecule has 33 heavy (non-hydrogen) atoms. The van der Waals surface area contributed by atoms with E-state index in [4.69, 9.17) is 4.74 Å². The van der Waals surface area contributed by atoms with Gasteiger partial charge in [-0.2, -0.15) is 0 Å². The normalized spacial score (nSPS) is 18.1. The first-order valence-electron chi connectivity index (χ1n) is 10.6. The first kappa shape index (κ1) is 22.8. The van der Waals surface area contributed by atoms with Crippen LogP contribution in [0.4, 0.5) is 13.2 Å². The van der Waals surface area contributed by atoms with Crippen molar-refractivity contribution in [3.63, 3.8) is 0 Å². The van der Waals surface area contributed by atoms with Crippen molar-refractivity contribution in [1.29, 1.82) is 0 Å². The summed E-state index contributed by atoms with van der Waals surface area (Å²) in [5, 5.41) is 4.41. The molecule has 1 aromatic heterocycles. The van der Waals surface area contributed by atoms with Crippen LogP contribution in [0.3, 0.4) is 0 Å². The number of aromatic nitrogens is 3. The number of alkyl halides is 3. The van der Waals surface area contributed by atoms with Gasteiger partial charge >= 0.3 is 12.3 Å². The van der Waals surface area contributed by atoms with Gasteiger partial charge in [0.1, 0.15) is 17.7 Å². The molecule has 2 atom stereocenters. The van der Waals surface area contributed by atoms with Crippen LogP contribution in [0.1, 0.15) is 45.1 Å². The molecule has 0 aliphatic heterocycles. The van der Waals surface area contributed by atoms with Gasteiger partial charge in [0.2, 0.25) is 0 Å². The Balaban J connectivity index is 1.37. The molecule has 0 bridgehead atoms. The lowest BCUT2D eigenvalue weighted by atomic mass is 10.1. The third kappa shape index (κ3) is 6.12. The van der Waals surface area contributed by atoms with E-state index in [1.807, 2.05) is 45.0 Å². The number of hydrogen-bond donors (Lipinski definition) is 0. The highest BCUT2D eigenvalue weighted by Crippen LogP contribution is 2.50. The summed E-state index contributed by atoms with van der Waals surface area (Å²) in [5.41, 5.74) is 2.06. The van der Waals surface area contributed by atoms with Gasteiger partial charge in [0.05, 0.1) is 5.69 Å². The van der Waals surface area contributed by atoms with Crippen LogP contribution < -0.4 is 4.74 Å². The van der Waals surface area contributed by atoms with E-state index in [9.17, 15) is 18.0 Å². The number of ether oxygens (including phenoxy) is 2. The summed E-state index contributed by atoms with van der Waals surface area (Å²) in [7, 11) is 0. The quantitative estimate of drug-likeness (QED) is 0.445. The Bertz CT molecular complexity index is 1120. The predicted octanol–water partition coefficient (Wildman–Crippen LogP) is 5.67. The molecule has 0 saturated heterocycles. The van der Waals surface area contributed by atoms with Gasteiger partial charge in [0, 0.05) is 12.0 Å². The first-order chi connectivity index (χ1) is 15.5. The zero-order valence-corrected chi connectivity index (χ0v) is 18.5. The van der Waals surface area contributed by atoms with Crippen molar-refractivity contribution >= 4 is 5.97 Å². The molecule has 1 heterocycles. The highest BCUT2D eigenvalue weighted by atomic mass is 19.4. The van der Waals surface area contributed by atoms with Crippen LogP contribution in [0.25, 0.3) is 17.1 Å². The molecule has 1 aliphatic carbocycles. The number of rotatable bonds is 6. The van der Waals surface area contributed by atoms with Crippen LogP contribution in [-0.4, -0.2) is 32.7 Å². The number of carbonyl (C=O) groups excluding carboxylic acids is 1. The van der Waals surface area contributed by atoms with E-state index in [-0.39, 0.29) is 11.7 Å². The highest BCUT2D eigenvalue weighted by Gasteiger charge is 2.40. The summed E-state index contributed by atoms with van der Waals surface area (Å²) < 4.78 is 47.7. The fraction of sp³-hybridized carbons (Fsp3) is 0.375. The molecule has 0 N–H and O–H groups in total. The largest absolute Gasteiger partial charge is 0.573 e. The molecular formula is C24H24F3N3O3. The van der Waals surface area contributed by atoms with E-state index in [0.717, 1.165) is 17.5 Å². The highest BCUT2D eigenvalue weighted by molar-refractivity contribution is 5.71. The molecule has 3 aromatic rings. The zero-order valence-electron chi connectivity index (χ0n) is 18.5. The van der Waals surface area contributed by atoms with Crippen molar-refractivity contribution in [2.45, 2.75) is 51.5 Å². The number of esters is 1. The molecule has 1 fully saturated rings. The maximum atomic E-state index is 12.3. The van der Waals surface area contributed by atoms with Crippen molar-refractivity contribution in [1.82, 2.24) is 14.8 Å². The Hall–Kier alpha value is -3.36. The summed E-state index contributed by atoms with van der Waals surface area (Å²) in [6.07, 6.45) is -1.85. The van der Waals surface area contributed by atoms with Gasteiger partial charge in [-0.05, 0) is 68.9 Å². The van der Waals surface area contributed by atoms with Crippen LogP contribution in [0.15, 0.2) is 54.9 Å². The van der Waals surface area contributed by atoms with Crippen LogP contribution in [0, 0.1) is 5.92 Å². The molecule has 1 aliphatic rings. The molecule has 2 unspecified atom stereocenters. The number of nitrogens with zero attached hydrogens (tertiary/aromatic N) is 3. The molecule has 4 rings (SSSR count). The summed E-state index contributed by atoms with van der Waals surface area (Å²) >= 11 is 0.